The first-order valence-corrected chi connectivity index (χ1v) is 7.14. The van der Waals surface area contributed by atoms with Crippen molar-refractivity contribution in [2.75, 3.05) is 5.75 Å². The molecule has 0 radical (unpaired) electrons. The van der Waals surface area contributed by atoms with Crippen LogP contribution in [0.5, 0.6) is 0 Å². The zero-order valence-corrected chi connectivity index (χ0v) is 10.5. The van der Waals surface area contributed by atoms with Crippen molar-refractivity contribution in [1.82, 2.24) is 0 Å². The number of hydrogen-bond donors (Lipinski definition) is 1. The summed E-state index contributed by atoms with van der Waals surface area (Å²) in [5.74, 6) is 2.12. The van der Waals surface area contributed by atoms with Crippen molar-refractivity contribution >= 4 is 11.8 Å². The molecule has 3 unspecified atom stereocenters. The van der Waals surface area contributed by atoms with Crippen molar-refractivity contribution in [3.05, 3.63) is 0 Å². The fourth-order valence-electron chi connectivity index (χ4n) is 2.24. The second kappa shape index (κ2) is 6.73. The third kappa shape index (κ3) is 4.70. The fourth-order valence-corrected chi connectivity index (χ4v) is 3.73. The Balaban J connectivity index is 2.10. The Kier molecular flexibility index (Phi) is 5.95. The van der Waals surface area contributed by atoms with Gasteiger partial charge < -0.3 is 5.73 Å². The Morgan fingerprint density at radius 1 is 1.43 bits per heavy atom. The molecule has 0 amide bonds. The van der Waals surface area contributed by atoms with E-state index in [0.717, 1.165) is 11.2 Å². The van der Waals surface area contributed by atoms with Crippen molar-refractivity contribution in [2.24, 2.45) is 11.7 Å². The molecule has 0 aromatic carbocycles. The Morgan fingerprint density at radius 2 is 2.21 bits per heavy atom. The Bertz CT molecular complexity index is 149. The topological polar surface area (TPSA) is 26.0 Å². The Morgan fingerprint density at radius 3 is 2.86 bits per heavy atom. The van der Waals surface area contributed by atoms with Crippen LogP contribution in [0.3, 0.4) is 0 Å². The molecular weight excluding hydrogens is 190 g/mol. The minimum Gasteiger partial charge on any atom is -0.327 e. The highest BCUT2D eigenvalue weighted by molar-refractivity contribution is 7.99. The molecule has 0 bridgehead atoms. The van der Waals surface area contributed by atoms with E-state index in [1.54, 1.807) is 0 Å². The molecule has 14 heavy (non-hydrogen) atoms. The first-order chi connectivity index (χ1) is 6.72. The van der Waals surface area contributed by atoms with Crippen LogP contribution in [0.2, 0.25) is 0 Å². The molecule has 1 nitrogen and oxygen atoms in total. The molecule has 1 aliphatic rings. The summed E-state index contributed by atoms with van der Waals surface area (Å²) in [6.07, 6.45) is 8.13. The highest BCUT2D eigenvalue weighted by Gasteiger charge is 2.19. The van der Waals surface area contributed by atoms with Crippen LogP contribution in [0.4, 0.5) is 0 Å². The summed E-state index contributed by atoms with van der Waals surface area (Å²) in [5, 5.41) is 0.904. The lowest BCUT2D eigenvalue weighted by Gasteiger charge is -2.27. The molecule has 84 valence electrons. The van der Waals surface area contributed by atoms with Gasteiger partial charge in [-0.1, -0.05) is 33.1 Å². The normalized spacial score (nSPS) is 30.2. The Labute approximate surface area is 93.2 Å². The lowest BCUT2D eigenvalue weighted by molar-refractivity contribution is 0.394. The van der Waals surface area contributed by atoms with Gasteiger partial charge >= 0.3 is 0 Å². The molecule has 1 rings (SSSR count). The molecule has 2 heteroatoms. The van der Waals surface area contributed by atoms with Crippen LogP contribution >= 0.6 is 11.8 Å². The summed E-state index contributed by atoms with van der Waals surface area (Å²) >= 11 is 2.12. The lowest BCUT2D eigenvalue weighted by atomic mass is 9.91. The van der Waals surface area contributed by atoms with Crippen LogP contribution in [0.15, 0.2) is 0 Å². The van der Waals surface area contributed by atoms with E-state index in [1.165, 1.54) is 44.3 Å². The summed E-state index contributed by atoms with van der Waals surface area (Å²) in [6.45, 7) is 4.60. The first-order valence-electron chi connectivity index (χ1n) is 6.09. The molecule has 3 atom stereocenters. The molecule has 1 fully saturated rings. The van der Waals surface area contributed by atoms with Gasteiger partial charge in [0.25, 0.3) is 0 Å². The largest absolute Gasteiger partial charge is 0.327 e. The maximum absolute atomic E-state index is 6.02. The van der Waals surface area contributed by atoms with Gasteiger partial charge in [-0.15, -0.1) is 0 Å². The molecule has 2 N–H and O–H groups in total. The van der Waals surface area contributed by atoms with Gasteiger partial charge in [-0.05, 0) is 25.2 Å². The Hall–Kier alpha value is 0.310. The second-order valence-electron chi connectivity index (χ2n) is 4.78. The first kappa shape index (κ1) is 12.4. The number of nitrogens with two attached hydrogens (primary N) is 1. The van der Waals surface area contributed by atoms with Crippen LogP contribution < -0.4 is 5.73 Å². The maximum Gasteiger partial charge on any atom is 0.0130 e. The van der Waals surface area contributed by atoms with Gasteiger partial charge in [-0.2, -0.15) is 11.8 Å². The fraction of sp³-hybridized carbons (Fsp3) is 1.00. The predicted molar refractivity (Wildman–Crippen MR) is 66.8 cm³/mol. The number of hydrogen-bond acceptors (Lipinski definition) is 2. The lowest BCUT2D eigenvalue weighted by Crippen LogP contribution is -2.25. The third-order valence-electron chi connectivity index (χ3n) is 3.09. The average molecular weight is 215 g/mol. The molecule has 0 heterocycles. The van der Waals surface area contributed by atoms with Gasteiger partial charge in [0.05, 0.1) is 0 Å². The molecule has 0 aromatic rings. The van der Waals surface area contributed by atoms with Crippen LogP contribution in [-0.4, -0.2) is 17.0 Å². The van der Waals surface area contributed by atoms with E-state index in [4.69, 9.17) is 5.73 Å². The standard InChI is InChI=1S/C12H25NS/c1-3-5-11(13)9-14-12-7-4-6-10(2)8-12/h10-12H,3-9,13H2,1-2H3. The third-order valence-corrected chi connectivity index (χ3v) is 4.61. The average Bonchev–Trinajstić information content (AvgIpc) is 2.15. The summed E-state index contributed by atoms with van der Waals surface area (Å²) in [5.41, 5.74) is 6.02. The summed E-state index contributed by atoms with van der Waals surface area (Å²) in [6, 6.07) is 0.433. The summed E-state index contributed by atoms with van der Waals surface area (Å²) < 4.78 is 0. The monoisotopic (exact) mass is 215 g/mol. The molecule has 0 saturated heterocycles. The summed E-state index contributed by atoms with van der Waals surface area (Å²) in [7, 11) is 0. The molecule has 0 aromatic heterocycles. The van der Waals surface area contributed by atoms with Crippen LogP contribution in [0.25, 0.3) is 0 Å². The maximum atomic E-state index is 6.02. The van der Waals surface area contributed by atoms with E-state index in [1.807, 2.05) is 0 Å². The molecular formula is C12H25NS. The second-order valence-corrected chi connectivity index (χ2v) is 6.11. The highest BCUT2D eigenvalue weighted by Crippen LogP contribution is 2.32. The van der Waals surface area contributed by atoms with Gasteiger partial charge in [-0.3, -0.25) is 0 Å². The van der Waals surface area contributed by atoms with E-state index in [2.05, 4.69) is 25.6 Å². The zero-order chi connectivity index (χ0) is 10.4. The van der Waals surface area contributed by atoms with Crippen LogP contribution in [-0.2, 0) is 0 Å². The van der Waals surface area contributed by atoms with E-state index in [0.29, 0.717) is 6.04 Å². The van der Waals surface area contributed by atoms with Crippen molar-refractivity contribution in [1.29, 1.82) is 0 Å². The van der Waals surface area contributed by atoms with E-state index in [9.17, 15) is 0 Å². The van der Waals surface area contributed by atoms with Crippen molar-refractivity contribution < 1.29 is 0 Å². The molecule has 1 saturated carbocycles. The van der Waals surface area contributed by atoms with Crippen molar-refractivity contribution in [2.45, 2.75) is 63.7 Å². The number of rotatable bonds is 5. The van der Waals surface area contributed by atoms with Crippen molar-refractivity contribution in [3.8, 4) is 0 Å². The smallest absolute Gasteiger partial charge is 0.0130 e. The molecule has 0 aliphatic heterocycles. The highest BCUT2D eigenvalue weighted by atomic mass is 32.2. The van der Waals surface area contributed by atoms with Crippen molar-refractivity contribution in [3.63, 3.8) is 0 Å². The minimum atomic E-state index is 0.433. The SMILES string of the molecule is CCCC(N)CSC1CCCC(C)C1. The van der Waals surface area contributed by atoms with Gasteiger partial charge in [0.15, 0.2) is 0 Å². The van der Waals surface area contributed by atoms with Gasteiger partial charge in [-0.25, -0.2) is 0 Å². The van der Waals surface area contributed by atoms with Gasteiger partial charge in [0.2, 0.25) is 0 Å². The van der Waals surface area contributed by atoms with Gasteiger partial charge in [0, 0.05) is 17.0 Å². The summed E-state index contributed by atoms with van der Waals surface area (Å²) in [4.78, 5) is 0. The molecule has 0 spiro atoms. The van der Waals surface area contributed by atoms with E-state index >= 15 is 0 Å². The number of thioether (sulfide) groups is 1. The van der Waals surface area contributed by atoms with E-state index in [-0.39, 0.29) is 0 Å². The minimum absolute atomic E-state index is 0.433. The zero-order valence-electron chi connectivity index (χ0n) is 9.67. The van der Waals surface area contributed by atoms with Crippen LogP contribution in [0.1, 0.15) is 52.4 Å². The predicted octanol–water partition coefficient (Wildman–Crippen LogP) is 3.43. The quantitative estimate of drug-likeness (QED) is 0.760. The molecule has 1 aliphatic carbocycles. The van der Waals surface area contributed by atoms with Crippen LogP contribution in [0, 0.1) is 5.92 Å². The van der Waals surface area contributed by atoms with E-state index < -0.39 is 0 Å². The van der Waals surface area contributed by atoms with Gasteiger partial charge in [0.1, 0.15) is 0 Å².